The molecule has 0 aliphatic carbocycles. The van der Waals surface area contributed by atoms with E-state index in [1.54, 1.807) is 0 Å². The topological polar surface area (TPSA) is 90.7 Å². The molecule has 0 amide bonds. The fraction of sp³-hybridized carbons (Fsp3) is 0.538. The smallest absolute Gasteiger partial charge is 0.244 e. The maximum Gasteiger partial charge on any atom is 0.244 e. The monoisotopic (exact) mass is 380 g/mol. The summed E-state index contributed by atoms with van der Waals surface area (Å²) in [6.45, 7) is 5.15. The first-order valence-electron chi connectivity index (χ1n) is 6.48. The number of benzene rings is 1. The van der Waals surface area contributed by atoms with Crippen LogP contribution in [-0.4, -0.2) is 35.3 Å². The van der Waals surface area contributed by atoms with Crippen LogP contribution in [0.3, 0.4) is 0 Å². The van der Waals surface area contributed by atoms with Crippen molar-refractivity contribution >= 4 is 31.6 Å². The number of nitrogens with one attached hydrogen (secondary N) is 1. The summed E-state index contributed by atoms with van der Waals surface area (Å²) in [5.74, 6) is 0.639. The van der Waals surface area contributed by atoms with Gasteiger partial charge in [0.05, 0.1) is 13.7 Å². The SMILES string of the molecule is COc1cc(Br)c(N)cc1S(=O)(=O)NCCOCC(C)C. The first-order valence-corrected chi connectivity index (χ1v) is 8.76. The van der Waals surface area contributed by atoms with E-state index in [9.17, 15) is 8.42 Å². The maximum atomic E-state index is 12.3. The summed E-state index contributed by atoms with van der Waals surface area (Å²) in [5.41, 5.74) is 6.06. The molecule has 1 rings (SSSR count). The number of nitrogen functional groups attached to an aromatic ring is 1. The second-order valence-electron chi connectivity index (χ2n) is 4.89. The zero-order valence-corrected chi connectivity index (χ0v) is 14.8. The fourth-order valence-electron chi connectivity index (χ4n) is 1.57. The van der Waals surface area contributed by atoms with Gasteiger partial charge in [-0.25, -0.2) is 13.1 Å². The largest absolute Gasteiger partial charge is 0.495 e. The molecule has 1 aromatic rings. The van der Waals surface area contributed by atoms with Gasteiger partial charge in [-0.15, -0.1) is 0 Å². The standard InChI is InChI=1S/C13H21BrN2O4S/c1-9(2)8-20-5-4-16-21(17,18)13-7-11(15)10(14)6-12(13)19-3/h6-7,9,16H,4-5,8,15H2,1-3H3. The molecule has 3 N–H and O–H groups in total. The Morgan fingerprint density at radius 3 is 2.62 bits per heavy atom. The normalized spacial score (nSPS) is 11.9. The summed E-state index contributed by atoms with van der Waals surface area (Å²) in [6, 6.07) is 2.89. The predicted octanol–water partition coefficient (Wildman–Crippen LogP) is 1.99. The van der Waals surface area contributed by atoms with Gasteiger partial charge >= 0.3 is 0 Å². The van der Waals surface area contributed by atoms with Crippen LogP contribution in [0.1, 0.15) is 13.8 Å². The Bertz CT molecular complexity index is 576. The molecule has 0 bridgehead atoms. The van der Waals surface area contributed by atoms with E-state index >= 15 is 0 Å². The number of ether oxygens (including phenoxy) is 2. The summed E-state index contributed by atoms with van der Waals surface area (Å²) in [4.78, 5) is 0.00885. The van der Waals surface area contributed by atoms with Crippen LogP contribution in [0.4, 0.5) is 5.69 Å². The van der Waals surface area contributed by atoms with Gasteiger partial charge in [0.15, 0.2) is 0 Å². The molecule has 0 aromatic heterocycles. The van der Waals surface area contributed by atoms with Crippen molar-refractivity contribution in [3.63, 3.8) is 0 Å². The number of sulfonamides is 1. The molecule has 0 radical (unpaired) electrons. The van der Waals surface area contributed by atoms with E-state index in [-0.39, 0.29) is 17.2 Å². The molecule has 0 aliphatic heterocycles. The maximum absolute atomic E-state index is 12.3. The lowest BCUT2D eigenvalue weighted by Crippen LogP contribution is -2.28. The van der Waals surface area contributed by atoms with Crippen LogP contribution in [0, 0.1) is 5.92 Å². The Hall–Kier alpha value is -0.830. The summed E-state index contributed by atoms with van der Waals surface area (Å²) in [5, 5.41) is 0. The minimum atomic E-state index is -3.70. The number of hydrogen-bond donors (Lipinski definition) is 2. The molecule has 6 nitrogen and oxygen atoms in total. The molecule has 0 saturated heterocycles. The lowest BCUT2D eigenvalue weighted by Gasteiger charge is -2.13. The van der Waals surface area contributed by atoms with E-state index in [1.807, 2.05) is 13.8 Å². The number of anilines is 1. The van der Waals surface area contributed by atoms with Gasteiger partial charge in [-0.05, 0) is 34.0 Å². The fourth-order valence-corrected chi connectivity index (χ4v) is 3.08. The van der Waals surface area contributed by atoms with Crippen LogP contribution < -0.4 is 15.2 Å². The molecule has 0 spiro atoms. The van der Waals surface area contributed by atoms with Gasteiger partial charge in [-0.3, -0.25) is 0 Å². The molecular formula is C13H21BrN2O4S. The lowest BCUT2D eigenvalue weighted by molar-refractivity contribution is 0.114. The van der Waals surface area contributed by atoms with Crippen LogP contribution >= 0.6 is 15.9 Å². The van der Waals surface area contributed by atoms with E-state index in [0.717, 1.165) is 0 Å². The number of rotatable bonds is 8. The van der Waals surface area contributed by atoms with Crippen LogP contribution in [0.15, 0.2) is 21.5 Å². The molecule has 0 aliphatic rings. The van der Waals surface area contributed by atoms with Crippen molar-refractivity contribution in [3.8, 4) is 5.75 Å². The Labute approximate surface area is 134 Å². The Morgan fingerprint density at radius 2 is 2.05 bits per heavy atom. The minimum absolute atomic E-state index is 0.00885. The second-order valence-corrected chi connectivity index (χ2v) is 7.48. The molecule has 1 aromatic carbocycles. The van der Waals surface area contributed by atoms with Crippen molar-refractivity contribution in [3.05, 3.63) is 16.6 Å². The van der Waals surface area contributed by atoms with Crippen molar-refractivity contribution in [2.24, 2.45) is 5.92 Å². The molecular weight excluding hydrogens is 360 g/mol. The molecule has 0 saturated carbocycles. The third-order valence-electron chi connectivity index (χ3n) is 2.56. The van der Waals surface area contributed by atoms with Crippen molar-refractivity contribution in [2.45, 2.75) is 18.7 Å². The van der Waals surface area contributed by atoms with Gasteiger partial charge in [0.25, 0.3) is 0 Å². The van der Waals surface area contributed by atoms with E-state index in [0.29, 0.717) is 29.3 Å². The lowest BCUT2D eigenvalue weighted by atomic mass is 10.2. The highest BCUT2D eigenvalue weighted by molar-refractivity contribution is 9.10. The number of methoxy groups -OCH3 is 1. The summed E-state index contributed by atoms with van der Waals surface area (Å²) in [7, 11) is -2.29. The van der Waals surface area contributed by atoms with Gasteiger partial charge in [0.1, 0.15) is 10.6 Å². The van der Waals surface area contributed by atoms with Crippen LogP contribution in [-0.2, 0) is 14.8 Å². The average Bonchev–Trinajstić information content (AvgIpc) is 2.40. The molecule has 0 atom stereocenters. The summed E-state index contributed by atoms with van der Waals surface area (Å²) < 4.78 is 38.0. The molecule has 21 heavy (non-hydrogen) atoms. The average molecular weight is 381 g/mol. The van der Waals surface area contributed by atoms with E-state index in [4.69, 9.17) is 15.2 Å². The van der Waals surface area contributed by atoms with Gasteiger partial charge < -0.3 is 15.2 Å². The molecule has 0 fully saturated rings. The zero-order chi connectivity index (χ0) is 16.0. The highest BCUT2D eigenvalue weighted by atomic mass is 79.9. The molecule has 0 unspecified atom stereocenters. The van der Waals surface area contributed by atoms with Gasteiger partial charge in [0.2, 0.25) is 10.0 Å². The summed E-state index contributed by atoms with van der Waals surface area (Å²) in [6.07, 6.45) is 0. The van der Waals surface area contributed by atoms with Gasteiger partial charge in [-0.2, -0.15) is 0 Å². The quantitative estimate of drug-likeness (QED) is 0.531. The van der Waals surface area contributed by atoms with Gasteiger partial charge in [-0.1, -0.05) is 13.8 Å². The van der Waals surface area contributed by atoms with Crippen molar-refractivity contribution in [1.82, 2.24) is 4.72 Å². The van der Waals surface area contributed by atoms with Gasteiger partial charge in [0, 0.05) is 23.3 Å². The van der Waals surface area contributed by atoms with Crippen molar-refractivity contribution < 1.29 is 17.9 Å². The van der Waals surface area contributed by atoms with Crippen LogP contribution in [0.25, 0.3) is 0 Å². The predicted molar refractivity (Wildman–Crippen MR) is 86.0 cm³/mol. The van der Waals surface area contributed by atoms with Crippen molar-refractivity contribution in [2.75, 3.05) is 32.6 Å². The summed E-state index contributed by atoms with van der Waals surface area (Å²) >= 11 is 3.23. The number of halogens is 1. The van der Waals surface area contributed by atoms with Crippen molar-refractivity contribution in [1.29, 1.82) is 0 Å². The molecule has 8 heteroatoms. The number of nitrogens with two attached hydrogens (primary N) is 1. The number of hydrogen-bond acceptors (Lipinski definition) is 5. The second kappa shape index (κ2) is 7.98. The Balaban J connectivity index is 2.76. The van der Waals surface area contributed by atoms with E-state index < -0.39 is 10.0 Å². The molecule has 0 heterocycles. The van der Waals surface area contributed by atoms with E-state index in [1.165, 1.54) is 19.2 Å². The zero-order valence-electron chi connectivity index (χ0n) is 12.3. The minimum Gasteiger partial charge on any atom is -0.495 e. The highest BCUT2D eigenvalue weighted by Crippen LogP contribution is 2.32. The third kappa shape index (κ3) is 5.46. The highest BCUT2D eigenvalue weighted by Gasteiger charge is 2.20. The Morgan fingerprint density at radius 1 is 1.38 bits per heavy atom. The Kier molecular flexibility index (Phi) is 6.92. The van der Waals surface area contributed by atoms with Crippen LogP contribution in [0.2, 0.25) is 0 Å². The first kappa shape index (κ1) is 18.2. The van der Waals surface area contributed by atoms with E-state index in [2.05, 4.69) is 20.7 Å². The third-order valence-corrected chi connectivity index (χ3v) is 4.73. The molecule has 120 valence electrons. The van der Waals surface area contributed by atoms with Crippen LogP contribution in [0.5, 0.6) is 5.75 Å². The first-order chi connectivity index (χ1) is 9.77.